The van der Waals surface area contributed by atoms with Gasteiger partial charge in [-0.25, -0.2) is 0 Å². The maximum absolute atomic E-state index is 6.17. The number of hydrogen-bond donors (Lipinski definition) is 2. The lowest BCUT2D eigenvalue weighted by atomic mass is 10.2. The van der Waals surface area contributed by atoms with E-state index in [4.69, 9.17) is 44.6 Å². The second-order valence-corrected chi connectivity index (χ2v) is 6.79. The van der Waals surface area contributed by atoms with E-state index in [1.807, 2.05) is 6.07 Å². The molecule has 1 aliphatic rings. The highest BCUT2D eigenvalue weighted by Crippen LogP contribution is 2.31. The van der Waals surface area contributed by atoms with Crippen LogP contribution >= 0.6 is 35.4 Å². The van der Waals surface area contributed by atoms with Gasteiger partial charge in [0, 0.05) is 23.7 Å². The molecule has 1 atom stereocenters. The third-order valence-corrected chi connectivity index (χ3v) is 4.49. The first-order valence-corrected chi connectivity index (χ1v) is 9.02. The Morgan fingerprint density at radius 1 is 1.32 bits per heavy atom. The summed E-state index contributed by atoms with van der Waals surface area (Å²) < 4.78 is 11.2. The van der Waals surface area contributed by atoms with E-state index in [0.29, 0.717) is 33.2 Å². The smallest absolute Gasteiger partial charge is 0.187 e. The van der Waals surface area contributed by atoms with Crippen molar-refractivity contribution in [3.8, 4) is 11.3 Å². The molecule has 5 nitrogen and oxygen atoms in total. The van der Waals surface area contributed by atoms with Gasteiger partial charge >= 0.3 is 0 Å². The number of nitrogens with zero attached hydrogens (tertiary/aromatic N) is 1. The molecule has 0 radical (unpaired) electrons. The maximum Gasteiger partial charge on any atom is 0.187 e. The lowest BCUT2D eigenvalue weighted by Crippen LogP contribution is -2.37. The van der Waals surface area contributed by atoms with Crippen molar-refractivity contribution in [3.05, 3.63) is 46.1 Å². The van der Waals surface area contributed by atoms with E-state index in [1.54, 1.807) is 30.5 Å². The Balaban J connectivity index is 1.53. The van der Waals surface area contributed by atoms with E-state index >= 15 is 0 Å². The zero-order valence-corrected chi connectivity index (χ0v) is 15.6. The molecular formula is C17H17Cl2N3O2S. The average molecular weight is 398 g/mol. The van der Waals surface area contributed by atoms with Crippen LogP contribution in [0.3, 0.4) is 0 Å². The van der Waals surface area contributed by atoms with Crippen molar-refractivity contribution in [1.82, 2.24) is 10.7 Å². The fourth-order valence-electron chi connectivity index (χ4n) is 2.46. The van der Waals surface area contributed by atoms with Crippen LogP contribution in [0.1, 0.15) is 18.6 Å². The summed E-state index contributed by atoms with van der Waals surface area (Å²) in [5.74, 6) is 1.19. The van der Waals surface area contributed by atoms with Gasteiger partial charge in [-0.3, -0.25) is 5.43 Å². The van der Waals surface area contributed by atoms with Crippen molar-refractivity contribution in [3.63, 3.8) is 0 Å². The summed E-state index contributed by atoms with van der Waals surface area (Å²) >= 11 is 17.3. The van der Waals surface area contributed by atoms with Crippen LogP contribution < -0.4 is 10.7 Å². The lowest BCUT2D eigenvalue weighted by molar-refractivity contribution is 0.114. The molecule has 0 unspecified atom stereocenters. The largest absolute Gasteiger partial charge is 0.455 e. The molecule has 0 aliphatic carbocycles. The molecule has 0 spiro atoms. The van der Waals surface area contributed by atoms with E-state index in [2.05, 4.69) is 15.8 Å². The zero-order chi connectivity index (χ0) is 17.6. The van der Waals surface area contributed by atoms with E-state index in [0.717, 1.165) is 25.0 Å². The maximum atomic E-state index is 6.17. The number of hydrazone groups is 1. The SMILES string of the molecule is S=C(NC[C@@H]1CCCO1)N/N=C\c1ccc(-c2cc(Cl)ccc2Cl)o1. The molecule has 25 heavy (non-hydrogen) atoms. The number of thiocarbonyl (C=S) groups is 1. The van der Waals surface area contributed by atoms with Crippen LogP contribution in [0.4, 0.5) is 0 Å². The zero-order valence-electron chi connectivity index (χ0n) is 13.3. The van der Waals surface area contributed by atoms with Gasteiger partial charge < -0.3 is 14.5 Å². The van der Waals surface area contributed by atoms with Gasteiger partial charge in [0.1, 0.15) is 11.5 Å². The molecule has 132 valence electrons. The van der Waals surface area contributed by atoms with Gasteiger partial charge in [0.15, 0.2) is 5.11 Å². The van der Waals surface area contributed by atoms with Crippen molar-refractivity contribution in [2.45, 2.75) is 18.9 Å². The number of benzene rings is 1. The number of hydrogen-bond acceptors (Lipinski definition) is 4. The number of rotatable bonds is 5. The summed E-state index contributed by atoms with van der Waals surface area (Å²) in [6.45, 7) is 1.50. The minimum absolute atomic E-state index is 0.221. The first kappa shape index (κ1) is 18.2. The van der Waals surface area contributed by atoms with Crippen molar-refractivity contribution >= 4 is 46.7 Å². The summed E-state index contributed by atoms with van der Waals surface area (Å²) in [5, 5.41) is 8.74. The Morgan fingerprint density at radius 3 is 3.00 bits per heavy atom. The van der Waals surface area contributed by atoms with Crippen LogP contribution in [0.5, 0.6) is 0 Å². The van der Waals surface area contributed by atoms with Crippen LogP contribution in [-0.2, 0) is 4.74 Å². The molecule has 2 aromatic rings. The van der Waals surface area contributed by atoms with Gasteiger partial charge in [0.25, 0.3) is 0 Å². The minimum atomic E-state index is 0.221. The van der Waals surface area contributed by atoms with Gasteiger partial charge in [-0.15, -0.1) is 0 Å². The molecule has 1 saturated heterocycles. The molecule has 1 fully saturated rings. The second-order valence-electron chi connectivity index (χ2n) is 5.54. The van der Waals surface area contributed by atoms with Crippen molar-refractivity contribution < 1.29 is 9.15 Å². The molecule has 8 heteroatoms. The van der Waals surface area contributed by atoms with Gasteiger partial charge in [-0.1, -0.05) is 23.2 Å². The predicted molar refractivity (Wildman–Crippen MR) is 104 cm³/mol. The van der Waals surface area contributed by atoms with E-state index < -0.39 is 0 Å². The lowest BCUT2D eigenvalue weighted by Gasteiger charge is -2.11. The van der Waals surface area contributed by atoms with Crippen LogP contribution in [0.2, 0.25) is 10.0 Å². The van der Waals surface area contributed by atoms with Crippen LogP contribution in [0.15, 0.2) is 39.9 Å². The van der Waals surface area contributed by atoms with Crippen molar-refractivity contribution in [2.24, 2.45) is 5.10 Å². The first-order valence-electron chi connectivity index (χ1n) is 7.85. The molecule has 1 aliphatic heterocycles. The highest BCUT2D eigenvalue weighted by Gasteiger charge is 2.15. The van der Waals surface area contributed by atoms with Crippen molar-refractivity contribution in [1.29, 1.82) is 0 Å². The Morgan fingerprint density at radius 2 is 2.20 bits per heavy atom. The topological polar surface area (TPSA) is 58.8 Å². The molecule has 2 heterocycles. The summed E-state index contributed by atoms with van der Waals surface area (Å²) in [6, 6.07) is 8.82. The monoisotopic (exact) mass is 397 g/mol. The van der Waals surface area contributed by atoms with Gasteiger partial charge in [-0.2, -0.15) is 5.10 Å². The van der Waals surface area contributed by atoms with Gasteiger partial charge in [0.2, 0.25) is 0 Å². The normalized spacial score (nSPS) is 17.1. The van der Waals surface area contributed by atoms with Crippen LogP contribution in [0.25, 0.3) is 11.3 Å². The highest BCUT2D eigenvalue weighted by molar-refractivity contribution is 7.80. The molecule has 2 N–H and O–H groups in total. The van der Waals surface area contributed by atoms with E-state index in [-0.39, 0.29) is 6.10 Å². The number of furan rings is 1. The molecule has 0 amide bonds. The number of halogens is 2. The van der Waals surface area contributed by atoms with E-state index in [9.17, 15) is 0 Å². The quantitative estimate of drug-likeness (QED) is 0.449. The Hall–Kier alpha value is -1.60. The predicted octanol–water partition coefficient (Wildman–Crippen LogP) is 4.23. The summed E-state index contributed by atoms with van der Waals surface area (Å²) in [6.07, 6.45) is 3.92. The first-order chi connectivity index (χ1) is 12.1. The molecule has 3 rings (SSSR count). The Labute approximate surface area is 161 Å². The molecule has 0 saturated carbocycles. The third-order valence-electron chi connectivity index (χ3n) is 3.69. The second kappa shape index (κ2) is 8.67. The summed E-state index contributed by atoms with van der Waals surface area (Å²) in [5.41, 5.74) is 3.48. The minimum Gasteiger partial charge on any atom is -0.455 e. The number of nitrogens with one attached hydrogen (secondary N) is 2. The molecule has 0 bridgehead atoms. The summed E-state index contributed by atoms with van der Waals surface area (Å²) in [4.78, 5) is 0. The third kappa shape index (κ3) is 5.19. The Kier molecular flexibility index (Phi) is 6.31. The molecular weight excluding hydrogens is 381 g/mol. The average Bonchev–Trinajstić information content (AvgIpc) is 3.27. The fourth-order valence-corrected chi connectivity index (χ4v) is 2.98. The molecule has 1 aromatic heterocycles. The highest BCUT2D eigenvalue weighted by atomic mass is 35.5. The van der Waals surface area contributed by atoms with Gasteiger partial charge in [-0.05, 0) is 55.4 Å². The van der Waals surface area contributed by atoms with E-state index in [1.165, 1.54) is 0 Å². The van der Waals surface area contributed by atoms with Crippen molar-refractivity contribution in [2.75, 3.05) is 13.2 Å². The fraction of sp³-hybridized carbons (Fsp3) is 0.294. The summed E-state index contributed by atoms with van der Waals surface area (Å²) in [7, 11) is 0. The molecule has 1 aromatic carbocycles. The number of ether oxygens (including phenoxy) is 1. The van der Waals surface area contributed by atoms with Crippen LogP contribution in [-0.4, -0.2) is 30.6 Å². The Bertz CT molecular complexity index is 773. The van der Waals surface area contributed by atoms with Crippen LogP contribution in [0, 0.1) is 0 Å². The van der Waals surface area contributed by atoms with Gasteiger partial charge in [0.05, 0.1) is 17.3 Å². The standard InChI is InChI=1S/C17H17Cl2N3O2S/c18-11-3-5-15(19)14(8-11)16-6-4-13(24-16)10-21-22-17(25)20-9-12-2-1-7-23-12/h3-6,8,10,12H,1-2,7,9H2,(H2,20,22,25)/b21-10-/t12-/m0/s1.